The van der Waals surface area contributed by atoms with E-state index in [-0.39, 0.29) is 11.0 Å². The Hall–Kier alpha value is -7.82. The molecule has 0 N–H and O–H groups in total. The van der Waals surface area contributed by atoms with Gasteiger partial charge in [0.25, 0.3) is 0 Å². The van der Waals surface area contributed by atoms with Gasteiger partial charge in [-0.15, -0.1) is 0 Å². The fourth-order valence-electron chi connectivity index (χ4n) is 11.8. The molecule has 356 valence electrons. The lowest BCUT2D eigenvalue weighted by molar-refractivity contribution is 0.0754. The lowest BCUT2D eigenvalue weighted by Gasteiger charge is -2.34. The molecule has 0 aliphatic rings. The van der Waals surface area contributed by atoms with Crippen molar-refractivity contribution >= 4 is 65.6 Å². The fourth-order valence-corrected chi connectivity index (χ4v) is 11.8. The Balaban J connectivity index is 1.09. The van der Waals surface area contributed by atoms with Gasteiger partial charge in [-0.3, -0.25) is 0 Å². The van der Waals surface area contributed by atoms with Crippen LogP contribution < -0.4 is 4.74 Å². The zero-order valence-electron chi connectivity index (χ0n) is 42.4. The molecule has 3 aromatic heterocycles. The van der Waals surface area contributed by atoms with Gasteiger partial charge in [0.05, 0.1) is 22.1 Å². The first kappa shape index (κ1) is 45.3. The van der Waals surface area contributed by atoms with Crippen molar-refractivity contribution in [2.75, 3.05) is 0 Å². The van der Waals surface area contributed by atoms with Gasteiger partial charge in [-0.1, -0.05) is 163 Å². The summed E-state index contributed by atoms with van der Waals surface area (Å²) >= 11 is 0. The van der Waals surface area contributed by atoms with Gasteiger partial charge in [0.15, 0.2) is 0 Å². The minimum absolute atomic E-state index is 0.00375. The lowest BCUT2D eigenvalue weighted by Crippen LogP contribution is -2.32. The molecule has 9 aromatic carbocycles. The highest BCUT2D eigenvalue weighted by Gasteiger charge is 2.31. The van der Waals surface area contributed by atoms with Gasteiger partial charge in [0.2, 0.25) is 0 Å². The predicted molar refractivity (Wildman–Crippen MR) is 305 cm³/mol. The first-order valence-corrected chi connectivity index (χ1v) is 26.2. The standard InChI is InChI=1S/C68H62N2O2/c1-7-36-67(5,9-3)49-42-56(45-22-12-11-13-23-45)66(72-68(6,10-4)37-8-2)57(43-49)47-33-35-65-59(41-47)58-40-46(32-34-64(58)71-65)48-38-50(69-60-28-18-14-24-52(60)53-25-15-19-29-61(53)69)44-51(39-48)70-62-30-20-16-26-54(62)55-27-17-21-31-63(55)70/h11-35,38-44H,7-10,36-37H2,1-6H3. The summed E-state index contributed by atoms with van der Waals surface area (Å²) in [5.41, 5.74) is 16.5. The van der Waals surface area contributed by atoms with E-state index >= 15 is 0 Å². The van der Waals surface area contributed by atoms with Gasteiger partial charge in [0.1, 0.15) is 22.5 Å². The van der Waals surface area contributed by atoms with Crippen LogP contribution in [0.3, 0.4) is 0 Å². The van der Waals surface area contributed by atoms with Crippen molar-refractivity contribution in [2.24, 2.45) is 0 Å². The predicted octanol–water partition coefficient (Wildman–Crippen LogP) is 19.6. The van der Waals surface area contributed by atoms with Gasteiger partial charge >= 0.3 is 0 Å². The molecular weight excluding hydrogens is 877 g/mol. The van der Waals surface area contributed by atoms with Crippen LogP contribution in [0.4, 0.5) is 0 Å². The van der Waals surface area contributed by atoms with E-state index in [0.29, 0.717) is 0 Å². The van der Waals surface area contributed by atoms with Crippen LogP contribution in [0, 0.1) is 0 Å². The number of rotatable bonds is 14. The van der Waals surface area contributed by atoms with E-state index in [1.165, 1.54) is 54.7 Å². The van der Waals surface area contributed by atoms with E-state index in [1.54, 1.807) is 0 Å². The van der Waals surface area contributed by atoms with Crippen LogP contribution in [0.1, 0.15) is 85.6 Å². The first-order valence-electron chi connectivity index (χ1n) is 26.2. The molecule has 72 heavy (non-hydrogen) atoms. The Kier molecular flexibility index (Phi) is 11.4. The van der Waals surface area contributed by atoms with Crippen molar-refractivity contribution < 1.29 is 9.15 Å². The zero-order chi connectivity index (χ0) is 49.1. The van der Waals surface area contributed by atoms with E-state index in [1.807, 2.05) is 0 Å². The molecule has 2 unspecified atom stereocenters. The fraction of sp³-hybridized carbons (Fsp3) is 0.206. The summed E-state index contributed by atoms with van der Waals surface area (Å²) in [6.45, 7) is 13.9. The molecule has 0 saturated carbocycles. The Labute approximate surface area is 423 Å². The van der Waals surface area contributed by atoms with Crippen LogP contribution >= 0.6 is 0 Å². The normalized spacial score (nSPS) is 13.7. The third-order valence-corrected chi connectivity index (χ3v) is 16.0. The number of para-hydroxylation sites is 4. The smallest absolute Gasteiger partial charge is 0.135 e. The van der Waals surface area contributed by atoms with E-state index in [2.05, 4.69) is 245 Å². The number of fused-ring (bicyclic) bond motifs is 9. The van der Waals surface area contributed by atoms with Crippen LogP contribution in [0.5, 0.6) is 5.75 Å². The molecule has 12 rings (SSSR count). The molecule has 0 aliphatic carbocycles. The monoisotopic (exact) mass is 938 g/mol. The lowest BCUT2D eigenvalue weighted by atomic mass is 9.74. The van der Waals surface area contributed by atoms with Crippen molar-refractivity contribution in [1.82, 2.24) is 9.13 Å². The largest absolute Gasteiger partial charge is 0.486 e. The maximum atomic E-state index is 7.45. The Bertz CT molecular complexity index is 3760. The average Bonchev–Trinajstić information content (AvgIpc) is 4.08. The highest BCUT2D eigenvalue weighted by Crippen LogP contribution is 2.48. The summed E-state index contributed by atoms with van der Waals surface area (Å²) in [6, 6.07) is 71.5. The van der Waals surface area contributed by atoms with Crippen molar-refractivity contribution in [2.45, 2.75) is 91.1 Å². The molecule has 0 aliphatic heterocycles. The van der Waals surface area contributed by atoms with E-state index < -0.39 is 0 Å². The molecule has 0 spiro atoms. The number of hydrogen-bond donors (Lipinski definition) is 0. The van der Waals surface area contributed by atoms with E-state index in [4.69, 9.17) is 9.15 Å². The van der Waals surface area contributed by atoms with E-state index in [9.17, 15) is 0 Å². The average molecular weight is 939 g/mol. The molecule has 4 nitrogen and oxygen atoms in total. The second-order valence-electron chi connectivity index (χ2n) is 20.6. The number of ether oxygens (including phenoxy) is 1. The summed E-state index contributed by atoms with van der Waals surface area (Å²) < 4.78 is 19.1. The number of furan rings is 1. The van der Waals surface area contributed by atoms with Gasteiger partial charge in [0, 0.05) is 54.8 Å². The Morgan fingerprint density at radius 2 is 0.861 bits per heavy atom. The first-order chi connectivity index (χ1) is 35.2. The summed E-state index contributed by atoms with van der Waals surface area (Å²) in [7, 11) is 0. The van der Waals surface area contributed by atoms with Crippen LogP contribution in [-0.4, -0.2) is 14.7 Å². The topological polar surface area (TPSA) is 32.2 Å². The summed E-state index contributed by atoms with van der Waals surface area (Å²) in [4.78, 5) is 0. The van der Waals surface area contributed by atoms with Gasteiger partial charge in [-0.25, -0.2) is 0 Å². The molecule has 0 fully saturated rings. The maximum absolute atomic E-state index is 7.45. The SMILES string of the molecule is CCCC(C)(CC)Oc1c(-c2ccccc2)cc(C(C)(CC)CCC)cc1-c1ccc2oc3ccc(-c4cc(-n5c6ccccc6c6ccccc65)cc(-n5c6ccccc6c6ccccc65)c4)cc3c2c1. The third-order valence-electron chi connectivity index (χ3n) is 16.0. The van der Waals surface area contributed by atoms with Gasteiger partial charge in [-0.05, 0) is 145 Å². The number of aromatic nitrogens is 2. The molecular formula is C68H62N2O2. The molecule has 0 radical (unpaired) electrons. The van der Waals surface area contributed by atoms with Crippen molar-refractivity contribution in [3.8, 4) is 50.5 Å². The van der Waals surface area contributed by atoms with Crippen LogP contribution in [0.15, 0.2) is 199 Å². The van der Waals surface area contributed by atoms with Gasteiger partial charge < -0.3 is 18.3 Å². The summed E-state index contributed by atoms with van der Waals surface area (Å²) in [6.07, 6.45) is 6.17. The Morgan fingerprint density at radius 1 is 0.403 bits per heavy atom. The molecule has 12 aromatic rings. The second kappa shape index (κ2) is 18.1. The number of benzene rings is 9. The van der Waals surface area contributed by atoms with Crippen LogP contribution in [0.2, 0.25) is 0 Å². The quantitative estimate of drug-likeness (QED) is 0.109. The molecule has 2 atom stereocenters. The van der Waals surface area contributed by atoms with E-state index in [0.717, 1.165) is 105 Å². The Morgan fingerprint density at radius 3 is 1.35 bits per heavy atom. The van der Waals surface area contributed by atoms with Crippen LogP contribution in [-0.2, 0) is 5.41 Å². The highest BCUT2D eigenvalue weighted by molar-refractivity contribution is 6.11. The highest BCUT2D eigenvalue weighted by atomic mass is 16.5. The minimum Gasteiger partial charge on any atom is -0.486 e. The second-order valence-corrected chi connectivity index (χ2v) is 20.6. The molecule has 0 saturated heterocycles. The maximum Gasteiger partial charge on any atom is 0.135 e. The molecule has 0 amide bonds. The summed E-state index contributed by atoms with van der Waals surface area (Å²) in [5, 5.41) is 7.13. The van der Waals surface area contributed by atoms with Crippen molar-refractivity contribution in [3.63, 3.8) is 0 Å². The van der Waals surface area contributed by atoms with Crippen molar-refractivity contribution in [1.29, 1.82) is 0 Å². The molecule has 3 heterocycles. The summed E-state index contributed by atoms with van der Waals surface area (Å²) in [5.74, 6) is 0.949. The number of hydrogen-bond acceptors (Lipinski definition) is 2. The van der Waals surface area contributed by atoms with Crippen molar-refractivity contribution in [3.05, 3.63) is 200 Å². The molecule has 0 bridgehead atoms. The minimum atomic E-state index is -0.334. The van der Waals surface area contributed by atoms with Crippen LogP contribution in [0.25, 0.3) is 110 Å². The molecule has 4 heteroatoms. The zero-order valence-corrected chi connectivity index (χ0v) is 42.4. The number of nitrogens with zero attached hydrogens (tertiary/aromatic N) is 2. The third kappa shape index (κ3) is 7.58. The van der Waals surface area contributed by atoms with Gasteiger partial charge in [-0.2, -0.15) is 0 Å².